The van der Waals surface area contributed by atoms with Crippen LogP contribution in [-0.4, -0.2) is 15.2 Å². The van der Waals surface area contributed by atoms with Gasteiger partial charge in [-0.2, -0.15) is 10.1 Å². The van der Waals surface area contributed by atoms with E-state index in [1.165, 1.54) is 17.8 Å². The van der Waals surface area contributed by atoms with Crippen molar-refractivity contribution in [2.45, 2.75) is 19.8 Å². The van der Waals surface area contributed by atoms with E-state index in [4.69, 9.17) is 0 Å². The van der Waals surface area contributed by atoms with Crippen molar-refractivity contribution >= 4 is 23.1 Å². The number of halogens is 1. The molecule has 0 aliphatic carbocycles. The Morgan fingerprint density at radius 1 is 0.917 bits per heavy atom. The van der Waals surface area contributed by atoms with Crippen molar-refractivity contribution in [3.63, 3.8) is 0 Å². The molecular weight excluding hydrogens is 305 g/mol. The average Bonchev–Trinajstić information content (AvgIpc) is 2.58. The zero-order valence-electron chi connectivity index (χ0n) is 13.5. The van der Waals surface area contributed by atoms with Crippen LogP contribution in [0.4, 0.5) is 27.5 Å². The number of hydrogen-bond donors (Lipinski definition) is 2. The van der Waals surface area contributed by atoms with Gasteiger partial charge in [0.15, 0.2) is 5.82 Å². The molecule has 1 heterocycles. The largest absolute Gasteiger partial charge is 0.339 e. The molecule has 0 saturated heterocycles. The van der Waals surface area contributed by atoms with Crippen LogP contribution in [0.15, 0.2) is 54.7 Å². The van der Waals surface area contributed by atoms with Crippen molar-refractivity contribution in [1.29, 1.82) is 0 Å². The van der Waals surface area contributed by atoms with Gasteiger partial charge in [-0.05, 0) is 29.7 Å². The van der Waals surface area contributed by atoms with Gasteiger partial charge in [-0.15, -0.1) is 5.10 Å². The van der Waals surface area contributed by atoms with Gasteiger partial charge in [0.2, 0.25) is 5.95 Å². The summed E-state index contributed by atoms with van der Waals surface area (Å²) >= 11 is 0. The lowest BCUT2D eigenvalue weighted by Gasteiger charge is -2.14. The predicted octanol–water partition coefficient (Wildman–Crippen LogP) is 4.62. The fourth-order valence-electron chi connectivity index (χ4n) is 2.35. The second-order valence-electron chi connectivity index (χ2n) is 5.64. The minimum absolute atomic E-state index is 0.229. The summed E-state index contributed by atoms with van der Waals surface area (Å²) in [5.74, 6) is 0.771. The zero-order chi connectivity index (χ0) is 16.9. The standard InChI is InChI=1S/C18H18FN5/c1-12(2)13-7-3-5-9-15(13)21-17-11-20-24-18(23-17)22-16-10-6-4-8-14(16)19/h3-12H,1-2H3,(H2,21,22,23,24). The SMILES string of the molecule is CC(C)c1ccccc1Nc1cnnc(Nc2ccccc2F)n1. The predicted molar refractivity (Wildman–Crippen MR) is 93.3 cm³/mol. The van der Waals surface area contributed by atoms with Crippen molar-refractivity contribution in [2.75, 3.05) is 10.6 Å². The summed E-state index contributed by atoms with van der Waals surface area (Å²) in [7, 11) is 0. The highest BCUT2D eigenvalue weighted by Gasteiger charge is 2.08. The first-order valence-electron chi connectivity index (χ1n) is 7.70. The second-order valence-corrected chi connectivity index (χ2v) is 5.64. The first-order valence-corrected chi connectivity index (χ1v) is 7.70. The van der Waals surface area contributed by atoms with Crippen LogP contribution in [0.5, 0.6) is 0 Å². The Labute approximate surface area is 140 Å². The van der Waals surface area contributed by atoms with E-state index in [1.807, 2.05) is 18.2 Å². The molecule has 0 fully saturated rings. The third-order valence-corrected chi connectivity index (χ3v) is 3.52. The van der Waals surface area contributed by atoms with E-state index in [2.05, 4.69) is 45.7 Å². The molecule has 0 radical (unpaired) electrons. The summed E-state index contributed by atoms with van der Waals surface area (Å²) in [5, 5.41) is 13.9. The highest BCUT2D eigenvalue weighted by Crippen LogP contribution is 2.26. The van der Waals surface area contributed by atoms with Gasteiger partial charge in [-0.25, -0.2) is 4.39 Å². The zero-order valence-corrected chi connectivity index (χ0v) is 13.5. The van der Waals surface area contributed by atoms with Gasteiger partial charge in [0.05, 0.1) is 11.9 Å². The first-order chi connectivity index (χ1) is 11.6. The Bertz CT molecular complexity index is 835. The molecule has 6 heteroatoms. The quantitative estimate of drug-likeness (QED) is 0.717. The Morgan fingerprint density at radius 2 is 1.62 bits per heavy atom. The van der Waals surface area contributed by atoms with Crippen LogP contribution in [0.2, 0.25) is 0 Å². The molecule has 3 rings (SSSR count). The molecule has 0 aliphatic heterocycles. The number of benzene rings is 2. The Morgan fingerprint density at radius 3 is 2.38 bits per heavy atom. The molecule has 0 aliphatic rings. The normalized spacial score (nSPS) is 10.7. The van der Waals surface area contributed by atoms with Crippen LogP contribution in [0.25, 0.3) is 0 Å². The maximum atomic E-state index is 13.7. The lowest BCUT2D eigenvalue weighted by atomic mass is 10.0. The Kier molecular flexibility index (Phi) is 4.65. The number of para-hydroxylation sites is 2. The third-order valence-electron chi connectivity index (χ3n) is 3.52. The summed E-state index contributed by atoms with van der Waals surface area (Å²) in [6.45, 7) is 4.26. The topological polar surface area (TPSA) is 62.7 Å². The van der Waals surface area contributed by atoms with E-state index in [0.29, 0.717) is 17.4 Å². The van der Waals surface area contributed by atoms with Crippen molar-refractivity contribution in [1.82, 2.24) is 15.2 Å². The average molecular weight is 323 g/mol. The van der Waals surface area contributed by atoms with Crippen LogP contribution in [0.3, 0.4) is 0 Å². The Hall–Kier alpha value is -3.02. The van der Waals surface area contributed by atoms with E-state index in [9.17, 15) is 4.39 Å². The Balaban J connectivity index is 1.83. The number of rotatable bonds is 5. The van der Waals surface area contributed by atoms with Crippen molar-refractivity contribution in [3.8, 4) is 0 Å². The van der Waals surface area contributed by atoms with Gasteiger partial charge in [-0.3, -0.25) is 0 Å². The molecule has 0 bridgehead atoms. The monoisotopic (exact) mass is 323 g/mol. The minimum Gasteiger partial charge on any atom is -0.339 e. The third kappa shape index (κ3) is 3.65. The fraction of sp³-hybridized carbons (Fsp3) is 0.167. The van der Waals surface area contributed by atoms with Crippen LogP contribution in [0, 0.1) is 5.82 Å². The molecule has 2 aromatic carbocycles. The van der Waals surface area contributed by atoms with Crippen LogP contribution in [-0.2, 0) is 0 Å². The fourth-order valence-corrected chi connectivity index (χ4v) is 2.35. The van der Waals surface area contributed by atoms with Crippen LogP contribution in [0.1, 0.15) is 25.3 Å². The van der Waals surface area contributed by atoms with E-state index < -0.39 is 0 Å². The maximum absolute atomic E-state index is 13.7. The summed E-state index contributed by atoms with van der Waals surface area (Å²) in [4.78, 5) is 4.34. The summed E-state index contributed by atoms with van der Waals surface area (Å²) in [6, 6.07) is 14.4. The molecule has 2 N–H and O–H groups in total. The molecule has 0 spiro atoms. The summed E-state index contributed by atoms with van der Waals surface area (Å²) in [6.07, 6.45) is 1.53. The van der Waals surface area contributed by atoms with E-state index in [0.717, 1.165) is 5.69 Å². The molecule has 0 amide bonds. The van der Waals surface area contributed by atoms with E-state index in [1.54, 1.807) is 18.2 Å². The molecular formula is C18H18FN5. The van der Waals surface area contributed by atoms with Gasteiger partial charge in [0.25, 0.3) is 0 Å². The first kappa shape index (κ1) is 15.9. The summed E-state index contributed by atoms with van der Waals surface area (Å²) < 4.78 is 13.7. The maximum Gasteiger partial charge on any atom is 0.249 e. The highest BCUT2D eigenvalue weighted by atomic mass is 19.1. The molecule has 0 unspecified atom stereocenters. The van der Waals surface area contributed by atoms with E-state index in [-0.39, 0.29) is 11.8 Å². The smallest absolute Gasteiger partial charge is 0.249 e. The molecule has 24 heavy (non-hydrogen) atoms. The van der Waals surface area contributed by atoms with E-state index >= 15 is 0 Å². The number of aromatic nitrogens is 3. The molecule has 1 aromatic heterocycles. The van der Waals surface area contributed by atoms with Crippen molar-refractivity contribution < 1.29 is 4.39 Å². The van der Waals surface area contributed by atoms with Gasteiger partial charge in [0.1, 0.15) is 5.82 Å². The minimum atomic E-state index is -0.371. The second kappa shape index (κ2) is 7.04. The number of anilines is 4. The highest BCUT2D eigenvalue weighted by molar-refractivity contribution is 5.62. The molecule has 0 saturated carbocycles. The number of hydrogen-bond acceptors (Lipinski definition) is 5. The van der Waals surface area contributed by atoms with Gasteiger partial charge < -0.3 is 10.6 Å². The number of nitrogens with zero attached hydrogens (tertiary/aromatic N) is 3. The van der Waals surface area contributed by atoms with Crippen molar-refractivity contribution in [3.05, 3.63) is 66.1 Å². The van der Waals surface area contributed by atoms with Gasteiger partial charge in [-0.1, -0.05) is 44.2 Å². The molecule has 0 atom stereocenters. The number of nitrogens with one attached hydrogen (secondary N) is 2. The van der Waals surface area contributed by atoms with Gasteiger partial charge >= 0.3 is 0 Å². The summed E-state index contributed by atoms with van der Waals surface area (Å²) in [5.41, 5.74) is 2.45. The molecule has 3 aromatic rings. The van der Waals surface area contributed by atoms with Crippen LogP contribution >= 0.6 is 0 Å². The van der Waals surface area contributed by atoms with Crippen LogP contribution < -0.4 is 10.6 Å². The molecule has 122 valence electrons. The van der Waals surface area contributed by atoms with Crippen molar-refractivity contribution in [2.24, 2.45) is 0 Å². The molecule has 5 nitrogen and oxygen atoms in total. The lowest BCUT2D eigenvalue weighted by Crippen LogP contribution is -2.04. The lowest BCUT2D eigenvalue weighted by molar-refractivity contribution is 0.631. The van der Waals surface area contributed by atoms with Gasteiger partial charge in [0, 0.05) is 5.69 Å².